The molecular formula is C12H20N4O2. The Balaban J connectivity index is 2.06. The molecule has 1 aliphatic carbocycles. The molecule has 0 bridgehead atoms. The second-order valence-electron chi connectivity index (χ2n) is 4.47. The van der Waals surface area contributed by atoms with Crippen LogP contribution in [0.15, 0.2) is 0 Å². The van der Waals surface area contributed by atoms with Gasteiger partial charge in [-0.05, 0) is 12.8 Å². The van der Waals surface area contributed by atoms with Gasteiger partial charge in [-0.3, -0.25) is 0 Å². The van der Waals surface area contributed by atoms with E-state index < -0.39 is 0 Å². The molecule has 2 rings (SSSR count). The molecule has 0 radical (unpaired) electrons. The summed E-state index contributed by atoms with van der Waals surface area (Å²) in [5, 5.41) is 3.35. The molecule has 6 nitrogen and oxygen atoms in total. The fourth-order valence-corrected chi connectivity index (χ4v) is 2.19. The number of rotatable bonds is 4. The first-order chi connectivity index (χ1) is 8.81. The van der Waals surface area contributed by atoms with Crippen LogP contribution in [0.4, 0.5) is 5.95 Å². The van der Waals surface area contributed by atoms with E-state index in [1.165, 1.54) is 39.9 Å². The fraction of sp³-hybridized carbons (Fsp3) is 0.750. The van der Waals surface area contributed by atoms with Crippen LogP contribution in [-0.2, 0) is 0 Å². The Morgan fingerprint density at radius 3 is 1.94 bits per heavy atom. The van der Waals surface area contributed by atoms with Crippen LogP contribution in [-0.4, -0.2) is 35.2 Å². The molecule has 100 valence electrons. The Labute approximate surface area is 107 Å². The topological polar surface area (TPSA) is 69.2 Å². The normalized spacial score (nSPS) is 17.0. The zero-order valence-electron chi connectivity index (χ0n) is 11.0. The maximum Gasteiger partial charge on any atom is 0.324 e. The van der Waals surface area contributed by atoms with Gasteiger partial charge in [0.1, 0.15) is 0 Å². The van der Waals surface area contributed by atoms with Crippen LogP contribution in [0.5, 0.6) is 12.0 Å². The highest BCUT2D eigenvalue weighted by molar-refractivity contribution is 5.29. The van der Waals surface area contributed by atoms with Crippen LogP contribution in [0.25, 0.3) is 0 Å². The summed E-state index contributed by atoms with van der Waals surface area (Å²) in [4.78, 5) is 12.4. The second kappa shape index (κ2) is 6.37. The van der Waals surface area contributed by atoms with Gasteiger partial charge in [0, 0.05) is 6.04 Å². The Morgan fingerprint density at radius 2 is 1.44 bits per heavy atom. The number of nitrogens with zero attached hydrogens (tertiary/aromatic N) is 3. The molecule has 1 heterocycles. The zero-order chi connectivity index (χ0) is 12.8. The van der Waals surface area contributed by atoms with Crippen LogP contribution in [0, 0.1) is 0 Å². The van der Waals surface area contributed by atoms with Crippen molar-refractivity contribution < 1.29 is 9.47 Å². The SMILES string of the molecule is COc1nc(NC2CCCCCC2)nc(OC)n1. The molecule has 1 aliphatic rings. The summed E-state index contributed by atoms with van der Waals surface area (Å²) in [7, 11) is 3.06. The summed E-state index contributed by atoms with van der Waals surface area (Å²) in [6, 6.07) is 0.986. The minimum Gasteiger partial charge on any atom is -0.467 e. The number of hydrogen-bond donors (Lipinski definition) is 1. The zero-order valence-corrected chi connectivity index (χ0v) is 11.0. The molecule has 0 atom stereocenters. The third-order valence-corrected chi connectivity index (χ3v) is 3.15. The first-order valence-corrected chi connectivity index (χ1v) is 6.42. The van der Waals surface area contributed by atoms with Gasteiger partial charge in [0.25, 0.3) is 0 Å². The lowest BCUT2D eigenvalue weighted by Crippen LogP contribution is -2.20. The Bertz CT molecular complexity index is 356. The molecule has 0 aromatic carbocycles. The molecule has 0 amide bonds. The van der Waals surface area contributed by atoms with Crippen molar-refractivity contribution in [3.05, 3.63) is 0 Å². The van der Waals surface area contributed by atoms with Crippen molar-refractivity contribution in [2.45, 2.75) is 44.6 Å². The van der Waals surface area contributed by atoms with E-state index in [0.717, 1.165) is 12.8 Å². The minimum atomic E-state index is 0.276. The molecule has 6 heteroatoms. The number of methoxy groups -OCH3 is 2. The van der Waals surface area contributed by atoms with Crippen molar-refractivity contribution in [3.63, 3.8) is 0 Å². The quantitative estimate of drug-likeness (QED) is 0.827. The number of aromatic nitrogens is 3. The summed E-state index contributed by atoms with van der Waals surface area (Å²) in [5.74, 6) is 0.533. The van der Waals surface area contributed by atoms with Gasteiger partial charge >= 0.3 is 12.0 Å². The van der Waals surface area contributed by atoms with E-state index in [1.54, 1.807) is 0 Å². The van der Waals surface area contributed by atoms with Crippen molar-refractivity contribution in [2.24, 2.45) is 0 Å². The average molecular weight is 252 g/mol. The number of ether oxygens (including phenoxy) is 2. The van der Waals surface area contributed by atoms with Gasteiger partial charge in [-0.2, -0.15) is 9.97 Å². The van der Waals surface area contributed by atoms with E-state index in [1.807, 2.05) is 0 Å². The van der Waals surface area contributed by atoms with Crippen molar-refractivity contribution >= 4 is 5.95 Å². The van der Waals surface area contributed by atoms with E-state index in [0.29, 0.717) is 12.0 Å². The molecule has 1 saturated carbocycles. The molecular weight excluding hydrogens is 232 g/mol. The lowest BCUT2D eigenvalue weighted by atomic mass is 10.1. The second-order valence-corrected chi connectivity index (χ2v) is 4.47. The maximum absolute atomic E-state index is 5.03. The molecule has 0 saturated heterocycles. The summed E-state index contributed by atoms with van der Waals surface area (Å²) < 4.78 is 10.1. The van der Waals surface area contributed by atoms with E-state index in [4.69, 9.17) is 9.47 Å². The van der Waals surface area contributed by atoms with Gasteiger partial charge in [0.05, 0.1) is 14.2 Å². The van der Waals surface area contributed by atoms with Crippen molar-refractivity contribution in [1.82, 2.24) is 15.0 Å². The van der Waals surface area contributed by atoms with E-state index >= 15 is 0 Å². The standard InChI is InChI=1S/C12H20N4O2/c1-17-11-14-10(15-12(16-11)18-2)13-9-7-5-3-4-6-8-9/h9H,3-8H2,1-2H3,(H,13,14,15,16). The molecule has 1 fully saturated rings. The molecule has 0 aliphatic heterocycles. The lowest BCUT2D eigenvalue weighted by molar-refractivity contribution is 0.340. The number of hydrogen-bond acceptors (Lipinski definition) is 6. The van der Waals surface area contributed by atoms with Gasteiger partial charge in [-0.15, -0.1) is 4.98 Å². The van der Waals surface area contributed by atoms with Crippen LogP contribution < -0.4 is 14.8 Å². The first kappa shape index (κ1) is 12.9. The third-order valence-electron chi connectivity index (χ3n) is 3.15. The Kier molecular flexibility index (Phi) is 4.55. The summed E-state index contributed by atoms with van der Waals surface area (Å²) >= 11 is 0. The number of anilines is 1. The highest BCUT2D eigenvalue weighted by Crippen LogP contribution is 2.21. The summed E-state index contributed by atoms with van der Waals surface area (Å²) in [6.07, 6.45) is 7.49. The summed E-state index contributed by atoms with van der Waals surface area (Å²) in [5.41, 5.74) is 0. The predicted octanol–water partition coefficient (Wildman–Crippen LogP) is 2.02. The monoisotopic (exact) mass is 252 g/mol. The van der Waals surface area contributed by atoms with Crippen LogP contribution in [0.2, 0.25) is 0 Å². The van der Waals surface area contributed by atoms with Crippen LogP contribution in [0.3, 0.4) is 0 Å². The predicted molar refractivity (Wildman–Crippen MR) is 68.0 cm³/mol. The minimum absolute atomic E-state index is 0.276. The van der Waals surface area contributed by atoms with Crippen LogP contribution >= 0.6 is 0 Å². The third kappa shape index (κ3) is 3.45. The van der Waals surface area contributed by atoms with Gasteiger partial charge in [-0.1, -0.05) is 25.7 Å². The molecule has 18 heavy (non-hydrogen) atoms. The largest absolute Gasteiger partial charge is 0.467 e. The lowest BCUT2D eigenvalue weighted by Gasteiger charge is -2.16. The van der Waals surface area contributed by atoms with Crippen molar-refractivity contribution in [1.29, 1.82) is 0 Å². The molecule has 0 unspecified atom stereocenters. The van der Waals surface area contributed by atoms with Crippen molar-refractivity contribution in [2.75, 3.05) is 19.5 Å². The summed E-state index contributed by atoms with van der Waals surface area (Å²) in [6.45, 7) is 0. The Hall–Kier alpha value is -1.59. The highest BCUT2D eigenvalue weighted by atomic mass is 16.5. The highest BCUT2D eigenvalue weighted by Gasteiger charge is 2.15. The molecule has 1 N–H and O–H groups in total. The van der Waals surface area contributed by atoms with Crippen LogP contribution in [0.1, 0.15) is 38.5 Å². The molecule has 1 aromatic heterocycles. The van der Waals surface area contributed by atoms with Crippen molar-refractivity contribution in [3.8, 4) is 12.0 Å². The fourth-order valence-electron chi connectivity index (χ4n) is 2.19. The van der Waals surface area contributed by atoms with Gasteiger partial charge in [0.2, 0.25) is 5.95 Å². The van der Waals surface area contributed by atoms with E-state index in [-0.39, 0.29) is 12.0 Å². The van der Waals surface area contributed by atoms with E-state index in [9.17, 15) is 0 Å². The van der Waals surface area contributed by atoms with E-state index in [2.05, 4.69) is 20.3 Å². The van der Waals surface area contributed by atoms with Gasteiger partial charge in [-0.25, -0.2) is 0 Å². The maximum atomic E-state index is 5.03. The molecule has 1 aromatic rings. The first-order valence-electron chi connectivity index (χ1n) is 6.42. The average Bonchev–Trinajstić information content (AvgIpc) is 2.67. The number of nitrogens with one attached hydrogen (secondary N) is 1. The smallest absolute Gasteiger partial charge is 0.324 e. The van der Waals surface area contributed by atoms with Gasteiger partial charge in [0.15, 0.2) is 0 Å². The molecule has 0 spiro atoms. The Morgan fingerprint density at radius 1 is 0.889 bits per heavy atom. The van der Waals surface area contributed by atoms with Gasteiger partial charge < -0.3 is 14.8 Å².